The van der Waals surface area contributed by atoms with E-state index in [4.69, 9.17) is 0 Å². The highest BCUT2D eigenvalue weighted by Gasteiger charge is 2.34. The second-order valence-corrected chi connectivity index (χ2v) is 6.46. The number of hydrogen-bond acceptors (Lipinski definition) is 6. The van der Waals surface area contributed by atoms with Crippen molar-refractivity contribution >= 4 is 34.5 Å². The van der Waals surface area contributed by atoms with Crippen molar-refractivity contribution in [1.29, 1.82) is 0 Å². The topological polar surface area (TPSA) is 46.1 Å². The van der Waals surface area contributed by atoms with E-state index in [1.54, 1.807) is 19.0 Å². The van der Waals surface area contributed by atoms with Gasteiger partial charge in [-0.3, -0.25) is 4.79 Å². The van der Waals surface area contributed by atoms with Crippen molar-refractivity contribution in [3.63, 3.8) is 0 Å². The number of aromatic nitrogens is 2. The van der Waals surface area contributed by atoms with Crippen LogP contribution in [0.1, 0.15) is 15.9 Å². The molecule has 0 saturated heterocycles. The van der Waals surface area contributed by atoms with Gasteiger partial charge in [0.25, 0.3) is 0 Å². The van der Waals surface area contributed by atoms with Crippen molar-refractivity contribution in [2.45, 2.75) is 15.4 Å². The predicted octanol–water partition coefficient (Wildman–Crippen LogP) is 3.59. The molecular weight excluding hydrogens is 323 g/mol. The van der Waals surface area contributed by atoms with Crippen LogP contribution in [0.4, 0.5) is 18.3 Å². The molecule has 0 unspecified atom stereocenters. The van der Waals surface area contributed by atoms with Crippen LogP contribution < -0.4 is 4.90 Å². The number of aldehydes is 1. The van der Waals surface area contributed by atoms with E-state index in [0.717, 1.165) is 17.8 Å². The fourth-order valence-corrected chi connectivity index (χ4v) is 3.30. The predicted molar refractivity (Wildman–Crippen MR) is 75.2 cm³/mol. The molecule has 0 spiro atoms. The van der Waals surface area contributed by atoms with Gasteiger partial charge in [0.2, 0.25) is 5.13 Å². The van der Waals surface area contributed by atoms with E-state index in [2.05, 4.69) is 10.2 Å². The average Bonchev–Trinajstić information content (AvgIpc) is 2.86. The van der Waals surface area contributed by atoms with Crippen molar-refractivity contribution in [3.05, 3.63) is 29.3 Å². The monoisotopic (exact) mass is 333 g/mol. The molecule has 112 valence electrons. The summed E-state index contributed by atoms with van der Waals surface area (Å²) in [4.78, 5) is 12.4. The zero-order chi connectivity index (χ0) is 15.6. The largest absolute Gasteiger partial charge is 0.417 e. The molecule has 0 fully saturated rings. The first-order chi connectivity index (χ1) is 9.81. The summed E-state index contributed by atoms with van der Waals surface area (Å²) < 4.78 is 39.5. The minimum Gasteiger partial charge on any atom is -0.353 e. The van der Waals surface area contributed by atoms with Crippen LogP contribution >= 0.6 is 23.1 Å². The number of carbonyl (C=O) groups is 1. The smallest absolute Gasteiger partial charge is 0.353 e. The van der Waals surface area contributed by atoms with Gasteiger partial charge in [-0.2, -0.15) is 13.2 Å². The van der Waals surface area contributed by atoms with E-state index >= 15 is 0 Å². The third-order valence-corrected chi connectivity index (χ3v) is 4.64. The summed E-state index contributed by atoms with van der Waals surface area (Å²) in [6, 6.07) is 3.45. The van der Waals surface area contributed by atoms with E-state index in [-0.39, 0.29) is 10.5 Å². The summed E-state index contributed by atoms with van der Waals surface area (Å²) >= 11 is 2.08. The molecule has 1 heterocycles. The zero-order valence-corrected chi connectivity index (χ0v) is 12.6. The third-order valence-electron chi connectivity index (χ3n) is 2.42. The van der Waals surface area contributed by atoms with Crippen molar-refractivity contribution < 1.29 is 18.0 Å². The normalized spacial score (nSPS) is 11.5. The number of hydrogen-bond donors (Lipinski definition) is 0. The lowest BCUT2D eigenvalue weighted by atomic mass is 10.1. The van der Waals surface area contributed by atoms with Crippen molar-refractivity contribution in [3.8, 4) is 0 Å². The number of rotatable bonds is 4. The molecule has 2 rings (SSSR count). The van der Waals surface area contributed by atoms with E-state index in [9.17, 15) is 18.0 Å². The molecule has 0 N–H and O–H groups in total. The molecule has 1 aromatic carbocycles. The van der Waals surface area contributed by atoms with Gasteiger partial charge in [0.05, 0.1) is 5.56 Å². The minimum absolute atomic E-state index is 0.00504. The van der Waals surface area contributed by atoms with Gasteiger partial charge in [0, 0.05) is 24.6 Å². The molecule has 0 aliphatic carbocycles. The molecule has 4 nitrogen and oxygen atoms in total. The Kier molecular flexibility index (Phi) is 4.52. The summed E-state index contributed by atoms with van der Waals surface area (Å²) in [5, 5.41) is 8.33. The van der Waals surface area contributed by atoms with Crippen LogP contribution in [-0.4, -0.2) is 30.6 Å². The second kappa shape index (κ2) is 6.02. The molecule has 0 aliphatic heterocycles. The van der Waals surface area contributed by atoms with Crippen molar-refractivity contribution in [1.82, 2.24) is 10.2 Å². The molecule has 1 aromatic heterocycles. The zero-order valence-electron chi connectivity index (χ0n) is 11.0. The van der Waals surface area contributed by atoms with Crippen LogP contribution in [0.15, 0.2) is 27.4 Å². The molecule has 21 heavy (non-hydrogen) atoms. The molecule has 0 radical (unpaired) electrons. The summed E-state index contributed by atoms with van der Waals surface area (Å²) in [5.41, 5.74) is -0.864. The first-order valence-corrected chi connectivity index (χ1v) is 7.29. The fourth-order valence-electron chi connectivity index (χ4n) is 1.45. The molecule has 0 saturated carbocycles. The SMILES string of the molecule is CN(C)c1nnc(Sc2ccc(C=O)cc2C(F)(F)F)s1. The van der Waals surface area contributed by atoms with Gasteiger partial charge in [0.15, 0.2) is 4.34 Å². The van der Waals surface area contributed by atoms with E-state index < -0.39 is 11.7 Å². The highest BCUT2D eigenvalue weighted by molar-refractivity contribution is 8.01. The first kappa shape index (κ1) is 15.8. The molecule has 0 amide bonds. The quantitative estimate of drug-likeness (QED) is 0.800. The number of benzene rings is 1. The van der Waals surface area contributed by atoms with Crippen molar-refractivity contribution in [2.24, 2.45) is 0 Å². The Morgan fingerprint density at radius 1 is 1.29 bits per heavy atom. The number of carbonyl (C=O) groups excluding carboxylic acids is 1. The van der Waals surface area contributed by atoms with Gasteiger partial charge in [-0.1, -0.05) is 29.2 Å². The van der Waals surface area contributed by atoms with Crippen LogP contribution in [0.5, 0.6) is 0 Å². The molecule has 0 atom stereocenters. The second-order valence-electron chi connectivity index (χ2n) is 4.22. The van der Waals surface area contributed by atoms with E-state index in [0.29, 0.717) is 15.8 Å². The Bertz CT molecular complexity index is 655. The summed E-state index contributed by atoms with van der Waals surface area (Å²) in [5.74, 6) is 0. The van der Waals surface area contributed by atoms with Gasteiger partial charge in [0.1, 0.15) is 6.29 Å². The van der Waals surface area contributed by atoms with Gasteiger partial charge >= 0.3 is 6.18 Å². The average molecular weight is 333 g/mol. The van der Waals surface area contributed by atoms with Crippen LogP contribution in [0.3, 0.4) is 0 Å². The molecule has 0 bridgehead atoms. The fraction of sp³-hybridized carbons (Fsp3) is 0.250. The van der Waals surface area contributed by atoms with Crippen LogP contribution in [-0.2, 0) is 6.18 Å². The van der Waals surface area contributed by atoms with E-state index in [1.807, 2.05) is 0 Å². The lowest BCUT2D eigenvalue weighted by Gasteiger charge is -2.11. The standard InChI is InChI=1S/C12H10F3N3OS2/c1-18(2)10-16-17-11(21-10)20-9-4-3-7(6-19)5-8(9)12(13,14)15/h3-6H,1-2H3. The van der Waals surface area contributed by atoms with Gasteiger partial charge in [-0.25, -0.2) is 0 Å². The number of nitrogens with zero attached hydrogens (tertiary/aromatic N) is 3. The highest BCUT2D eigenvalue weighted by atomic mass is 32.2. The summed E-state index contributed by atoms with van der Waals surface area (Å²) in [6.45, 7) is 0. The number of anilines is 1. The third kappa shape index (κ3) is 3.73. The number of halogens is 3. The summed E-state index contributed by atoms with van der Waals surface area (Å²) in [6.07, 6.45) is -4.14. The Balaban J connectivity index is 2.36. The Morgan fingerprint density at radius 3 is 2.52 bits per heavy atom. The summed E-state index contributed by atoms with van der Waals surface area (Å²) in [7, 11) is 3.55. The van der Waals surface area contributed by atoms with Gasteiger partial charge < -0.3 is 4.90 Å². The Hall–Kier alpha value is -1.61. The maximum atomic E-state index is 13.0. The number of alkyl halides is 3. The van der Waals surface area contributed by atoms with Crippen LogP contribution in [0, 0.1) is 0 Å². The van der Waals surface area contributed by atoms with Crippen molar-refractivity contribution in [2.75, 3.05) is 19.0 Å². The maximum Gasteiger partial charge on any atom is 0.417 e. The van der Waals surface area contributed by atoms with Gasteiger partial charge in [-0.05, 0) is 12.1 Å². The molecular formula is C12H10F3N3OS2. The Labute approximate surface area is 127 Å². The van der Waals surface area contributed by atoms with E-state index in [1.165, 1.54) is 23.5 Å². The molecule has 0 aliphatic rings. The lowest BCUT2D eigenvalue weighted by molar-refractivity contribution is -0.139. The molecule has 9 heteroatoms. The van der Waals surface area contributed by atoms with Crippen LogP contribution in [0.2, 0.25) is 0 Å². The van der Waals surface area contributed by atoms with Crippen LogP contribution in [0.25, 0.3) is 0 Å². The lowest BCUT2D eigenvalue weighted by Crippen LogP contribution is -2.07. The first-order valence-electron chi connectivity index (χ1n) is 5.66. The maximum absolute atomic E-state index is 13.0. The highest BCUT2D eigenvalue weighted by Crippen LogP contribution is 2.41. The Morgan fingerprint density at radius 2 is 2.00 bits per heavy atom. The molecule has 2 aromatic rings. The van der Waals surface area contributed by atoms with Gasteiger partial charge in [-0.15, -0.1) is 10.2 Å². The minimum atomic E-state index is -4.53.